The van der Waals surface area contributed by atoms with Gasteiger partial charge in [0.2, 0.25) is 0 Å². The lowest BCUT2D eigenvalue weighted by atomic mass is 9.78. The van der Waals surface area contributed by atoms with Gasteiger partial charge in [-0.1, -0.05) is 395 Å². The second-order valence-electron chi connectivity index (χ2n) is 42.4. The van der Waals surface area contributed by atoms with Gasteiger partial charge in [0.05, 0.1) is 45.5 Å². The number of para-hydroxylation sites is 8. The van der Waals surface area contributed by atoms with Crippen LogP contribution in [0.4, 0.5) is 68.2 Å². The molecule has 2 aliphatic rings. The monoisotopic (exact) mass is 1900 g/mol. The first-order valence-electron chi connectivity index (χ1n) is 51.5. The minimum atomic E-state index is -0.196. The summed E-state index contributed by atoms with van der Waals surface area (Å²) in [5.74, 6) is 0. The van der Waals surface area contributed by atoms with E-state index in [-0.39, 0.29) is 21.7 Å². The molecule has 8 nitrogen and oxygen atoms in total. The van der Waals surface area contributed by atoms with Gasteiger partial charge in [-0.25, -0.2) is 0 Å². The minimum absolute atomic E-state index is 0.185. The SMILES string of the molecule is CC(C)(c1ccccc1)c1ccc(N(c2ccc3ccc4c(N(c5ccc(C(C)(C)c6ccccc6)cc5)c5cccc6c5oc5ccccc56)ccc5ccc2c3c54)c2cccc3c2oc2ccccc23)cc1.CC1(C)c2ccccc2-c2ccc(N(c3ccc4ccc5c(N(c6ccc7c(c6)C(C)(C)c6ccccc6-7)c6cccc7c6oc6ccccc67)ccc6ccc3c4c65)c3cccc4c3oc3ccccc34)cc21. The Morgan fingerprint density at radius 2 is 0.412 bits per heavy atom. The fourth-order valence-corrected chi connectivity index (χ4v) is 25.3. The predicted octanol–water partition coefficient (Wildman–Crippen LogP) is 39.9. The van der Waals surface area contributed by atoms with E-state index in [1.165, 1.54) is 110 Å². The zero-order valence-electron chi connectivity index (χ0n) is 83.3. The van der Waals surface area contributed by atoms with Crippen molar-refractivity contribution in [1.29, 1.82) is 0 Å². The zero-order chi connectivity index (χ0) is 98.9. The summed E-state index contributed by atoms with van der Waals surface area (Å²) in [5, 5.41) is 23.0. The third-order valence-electron chi connectivity index (χ3n) is 33.0. The van der Waals surface area contributed by atoms with Crippen LogP contribution >= 0.6 is 0 Å². The highest BCUT2D eigenvalue weighted by Crippen LogP contribution is 2.59. The molecular weight excluding hydrogens is 1800 g/mol. The molecule has 4 heterocycles. The van der Waals surface area contributed by atoms with E-state index in [0.717, 1.165) is 178 Å². The molecule has 0 saturated carbocycles. The number of nitrogens with zero attached hydrogens (tertiary/aromatic N) is 4. The molecule has 0 unspecified atom stereocenters. The molecule has 0 aliphatic heterocycles. The van der Waals surface area contributed by atoms with E-state index < -0.39 is 0 Å². The van der Waals surface area contributed by atoms with Crippen LogP contribution in [-0.4, -0.2) is 0 Å². The van der Waals surface area contributed by atoms with Crippen molar-refractivity contribution in [2.45, 2.75) is 77.0 Å². The smallest absolute Gasteiger partial charge is 0.159 e. The number of furan rings is 4. The maximum atomic E-state index is 6.90. The number of rotatable bonds is 16. The van der Waals surface area contributed by atoms with Gasteiger partial charge in [0.15, 0.2) is 22.3 Å². The summed E-state index contributed by atoms with van der Waals surface area (Å²) in [5.41, 5.74) is 34.3. The Morgan fingerprint density at radius 1 is 0.176 bits per heavy atom. The first-order chi connectivity index (χ1) is 72.4. The quantitative estimate of drug-likeness (QED) is 0.0887. The lowest BCUT2D eigenvalue weighted by Gasteiger charge is -2.31. The van der Waals surface area contributed by atoms with Crippen LogP contribution in [0.3, 0.4) is 0 Å². The summed E-state index contributed by atoms with van der Waals surface area (Å²) in [7, 11) is 0. The fourth-order valence-electron chi connectivity index (χ4n) is 25.3. The molecule has 148 heavy (non-hydrogen) atoms. The van der Waals surface area contributed by atoms with E-state index in [1.807, 2.05) is 12.1 Å². The van der Waals surface area contributed by atoms with Crippen LogP contribution in [0.2, 0.25) is 0 Å². The molecule has 2 aliphatic carbocycles. The van der Waals surface area contributed by atoms with Crippen molar-refractivity contribution in [2.24, 2.45) is 0 Å². The second-order valence-corrected chi connectivity index (χ2v) is 42.4. The Balaban J connectivity index is 0.000000140. The van der Waals surface area contributed by atoms with Crippen molar-refractivity contribution < 1.29 is 17.7 Å². The topological polar surface area (TPSA) is 65.5 Å². The van der Waals surface area contributed by atoms with Gasteiger partial charge in [-0.3, -0.25) is 0 Å². The fraction of sp³-hybridized carbons (Fsp3) is 0.0857. The second kappa shape index (κ2) is 32.6. The first-order valence-corrected chi connectivity index (χ1v) is 51.5. The average Bonchev–Trinajstić information content (AvgIpc) is 1.17. The maximum absolute atomic E-state index is 6.90. The van der Waals surface area contributed by atoms with Gasteiger partial charge in [0.1, 0.15) is 22.3 Å². The van der Waals surface area contributed by atoms with Crippen LogP contribution in [0.1, 0.15) is 99.9 Å². The summed E-state index contributed by atoms with van der Waals surface area (Å²) >= 11 is 0. The summed E-state index contributed by atoms with van der Waals surface area (Å²) in [6.45, 7) is 18.7. The van der Waals surface area contributed by atoms with Gasteiger partial charge in [-0.2, -0.15) is 0 Å². The van der Waals surface area contributed by atoms with E-state index >= 15 is 0 Å². The van der Waals surface area contributed by atoms with Crippen molar-refractivity contribution in [3.05, 3.63) is 506 Å². The van der Waals surface area contributed by atoms with E-state index in [9.17, 15) is 0 Å². The van der Waals surface area contributed by atoms with Gasteiger partial charge < -0.3 is 37.3 Å². The van der Waals surface area contributed by atoms with Crippen molar-refractivity contribution in [1.82, 2.24) is 0 Å². The molecule has 0 fully saturated rings. The molecule has 0 saturated heterocycles. The van der Waals surface area contributed by atoms with Crippen LogP contribution < -0.4 is 19.6 Å². The summed E-state index contributed by atoms with van der Waals surface area (Å²) < 4.78 is 27.5. The number of fused-ring (bicyclic) bond motifs is 18. The Bertz CT molecular complexity index is 9700. The lowest BCUT2D eigenvalue weighted by molar-refractivity contribution is 0.641. The van der Waals surface area contributed by atoms with Crippen molar-refractivity contribution >= 4 is 221 Å². The van der Waals surface area contributed by atoms with E-state index in [1.54, 1.807) is 0 Å². The molecule has 0 bridgehead atoms. The Hall–Kier alpha value is -18.2. The standard InChI is InChI=1S/C70H48N2O2.C70H52N2O2/c1-69(2)55-21-9-5-15-45(55)47-35-31-43(39-57(47)69)71(61-23-13-19-51-49-17-7-11-25-63(49)73-67(51)61)59-37-29-41-28-34-54-60(38-30-42-27-33-53(59)65(41)66(42)54)72(62-24-14-20-52-50-18-8-12-26-64(50)74-68(52)62)44-32-36-48-46-16-6-10-22-56(46)70(3,4)58(48)40-44;1-69(2,47-17-7-5-8-18-47)49-33-37-51(38-34-49)71(61-25-15-23-55-53-21-11-13-27-63(53)73-67(55)61)59-43-31-45-30-42-58-60(44-32-46-29-41-57(59)65(45)66(46)58)72(62-26-16-24-56-54-22-12-14-28-64(54)74-68(56)62)52-39-35-50(36-40-52)70(3,4)48-19-9-6-10-20-48/h5-40H,1-4H3;5-44H,1-4H3. The molecule has 704 valence electrons. The molecule has 24 aromatic carbocycles. The Kier molecular flexibility index (Phi) is 19.1. The van der Waals surface area contributed by atoms with E-state index in [2.05, 4.69) is 524 Å². The van der Waals surface area contributed by atoms with Gasteiger partial charge in [-0.15, -0.1) is 0 Å². The lowest BCUT2D eigenvalue weighted by Crippen LogP contribution is -2.19. The molecule has 0 atom stereocenters. The number of benzene rings is 24. The van der Waals surface area contributed by atoms with Gasteiger partial charge in [0, 0.05) is 109 Å². The minimum Gasteiger partial charge on any atom is -0.454 e. The normalized spacial score (nSPS) is 13.2. The van der Waals surface area contributed by atoms with Crippen molar-refractivity contribution in [3.8, 4) is 22.3 Å². The van der Waals surface area contributed by atoms with Crippen LogP contribution in [0.15, 0.2) is 479 Å². The number of hydrogen-bond donors (Lipinski definition) is 0. The van der Waals surface area contributed by atoms with Crippen LogP contribution in [0.5, 0.6) is 0 Å². The van der Waals surface area contributed by atoms with E-state index in [4.69, 9.17) is 17.7 Å². The molecule has 28 aromatic rings. The molecule has 8 heteroatoms. The van der Waals surface area contributed by atoms with Crippen LogP contribution in [0, 0.1) is 0 Å². The van der Waals surface area contributed by atoms with Gasteiger partial charge in [-0.05, 0) is 231 Å². The Morgan fingerprint density at radius 3 is 0.716 bits per heavy atom. The summed E-state index contributed by atoms with van der Waals surface area (Å²) in [4.78, 5) is 9.72. The molecule has 0 amide bonds. The first kappa shape index (κ1) is 86.4. The highest BCUT2D eigenvalue weighted by Gasteiger charge is 2.40. The number of hydrogen-bond acceptors (Lipinski definition) is 8. The van der Waals surface area contributed by atoms with Crippen LogP contribution in [0.25, 0.3) is 175 Å². The molecule has 0 radical (unpaired) electrons. The average molecular weight is 1900 g/mol. The van der Waals surface area contributed by atoms with Crippen LogP contribution in [-0.2, 0) is 21.7 Å². The van der Waals surface area contributed by atoms with E-state index in [0.29, 0.717) is 0 Å². The molecule has 0 spiro atoms. The van der Waals surface area contributed by atoms with Crippen molar-refractivity contribution in [2.75, 3.05) is 19.6 Å². The summed E-state index contributed by atoms with van der Waals surface area (Å²) in [6, 6.07) is 169. The largest absolute Gasteiger partial charge is 0.454 e. The number of anilines is 12. The zero-order valence-corrected chi connectivity index (χ0v) is 83.3. The third kappa shape index (κ3) is 13.0. The molecular formula is C140H100N4O4. The highest BCUT2D eigenvalue weighted by molar-refractivity contribution is 6.31. The summed E-state index contributed by atoms with van der Waals surface area (Å²) in [6.07, 6.45) is 0. The molecule has 30 rings (SSSR count). The molecule has 0 N–H and O–H groups in total. The third-order valence-corrected chi connectivity index (χ3v) is 33.0. The molecule has 4 aromatic heterocycles. The predicted molar refractivity (Wildman–Crippen MR) is 620 cm³/mol. The van der Waals surface area contributed by atoms with Crippen molar-refractivity contribution in [3.63, 3.8) is 0 Å². The maximum Gasteiger partial charge on any atom is 0.159 e. The highest BCUT2D eigenvalue weighted by atomic mass is 16.3. The van der Waals surface area contributed by atoms with Gasteiger partial charge >= 0.3 is 0 Å². The van der Waals surface area contributed by atoms with Gasteiger partial charge in [0.25, 0.3) is 0 Å². The Labute approximate surface area is 856 Å².